The lowest BCUT2D eigenvalue weighted by Gasteiger charge is -2.06. The summed E-state index contributed by atoms with van der Waals surface area (Å²) in [6.45, 7) is 0.780. The van der Waals surface area contributed by atoms with Crippen LogP contribution >= 0.6 is 15.9 Å². The summed E-state index contributed by atoms with van der Waals surface area (Å²) in [5, 5.41) is 6.22. The molecule has 0 spiro atoms. The van der Waals surface area contributed by atoms with E-state index < -0.39 is 0 Å². The number of nitrogens with one attached hydrogen (secondary N) is 2. The molecule has 0 aliphatic carbocycles. The molecule has 0 saturated carbocycles. The molecule has 0 atom stereocenters. The summed E-state index contributed by atoms with van der Waals surface area (Å²) in [4.78, 5) is 0. The van der Waals surface area contributed by atoms with Crippen LogP contribution in [0.1, 0.15) is 0 Å². The lowest BCUT2D eigenvalue weighted by molar-refractivity contribution is 0.874. The monoisotopic (exact) mass is 214 g/mol. The van der Waals surface area contributed by atoms with Crippen molar-refractivity contribution in [3.05, 3.63) is 28.7 Å². The highest BCUT2D eigenvalue weighted by Crippen LogP contribution is 2.20. The molecule has 0 aliphatic heterocycles. The quantitative estimate of drug-likeness (QED) is 0.754. The molecule has 0 bridgehead atoms. The van der Waals surface area contributed by atoms with Crippen LogP contribution in [-0.4, -0.2) is 13.7 Å². The normalized spacial score (nSPS) is 9.64. The summed E-state index contributed by atoms with van der Waals surface area (Å²) in [5.41, 5.74) is 1.11. The van der Waals surface area contributed by atoms with Gasteiger partial charge in [-0.1, -0.05) is 12.1 Å². The predicted octanol–water partition coefficient (Wildman–Crippen LogP) is 2.04. The molecule has 3 heteroatoms. The molecular weight excluding hydrogens is 204 g/mol. The van der Waals surface area contributed by atoms with Gasteiger partial charge in [-0.05, 0) is 35.1 Å². The second kappa shape index (κ2) is 4.36. The van der Waals surface area contributed by atoms with E-state index in [1.165, 1.54) is 0 Å². The first-order chi connectivity index (χ1) is 5.34. The lowest BCUT2D eigenvalue weighted by atomic mass is 10.3. The average molecular weight is 215 g/mol. The number of para-hydroxylation sites is 1. The molecule has 0 aliphatic rings. The molecule has 0 radical (unpaired) electrons. The van der Waals surface area contributed by atoms with Gasteiger partial charge in [0.25, 0.3) is 0 Å². The van der Waals surface area contributed by atoms with E-state index in [2.05, 4.69) is 26.6 Å². The van der Waals surface area contributed by atoms with Gasteiger partial charge in [0.1, 0.15) is 0 Å². The van der Waals surface area contributed by atoms with Gasteiger partial charge in [0, 0.05) is 10.2 Å². The van der Waals surface area contributed by atoms with Crippen molar-refractivity contribution >= 4 is 21.6 Å². The van der Waals surface area contributed by atoms with Gasteiger partial charge in [-0.3, -0.25) is 0 Å². The van der Waals surface area contributed by atoms with E-state index in [1.807, 2.05) is 31.3 Å². The fourth-order valence-electron chi connectivity index (χ4n) is 0.788. The minimum absolute atomic E-state index is 0.780. The largest absolute Gasteiger partial charge is 0.372 e. The third-order valence-electron chi connectivity index (χ3n) is 1.33. The lowest BCUT2D eigenvalue weighted by Crippen LogP contribution is -2.16. The Morgan fingerprint density at radius 2 is 2.09 bits per heavy atom. The van der Waals surface area contributed by atoms with Gasteiger partial charge < -0.3 is 10.6 Å². The van der Waals surface area contributed by atoms with Crippen molar-refractivity contribution in [2.45, 2.75) is 0 Å². The summed E-state index contributed by atoms with van der Waals surface area (Å²) < 4.78 is 1.09. The first-order valence-electron chi connectivity index (χ1n) is 3.47. The van der Waals surface area contributed by atoms with E-state index in [9.17, 15) is 0 Å². The Labute approximate surface area is 75.1 Å². The van der Waals surface area contributed by atoms with Gasteiger partial charge in [-0.15, -0.1) is 0 Å². The molecule has 2 nitrogen and oxygen atoms in total. The average Bonchev–Trinajstić information content (AvgIpc) is 2.03. The topological polar surface area (TPSA) is 24.1 Å². The van der Waals surface area contributed by atoms with Crippen molar-refractivity contribution in [2.75, 3.05) is 19.0 Å². The highest BCUT2D eigenvalue weighted by atomic mass is 79.9. The molecule has 0 heterocycles. The number of hydrogen-bond donors (Lipinski definition) is 2. The Hall–Kier alpha value is -0.540. The number of rotatable bonds is 3. The highest BCUT2D eigenvalue weighted by molar-refractivity contribution is 9.10. The minimum atomic E-state index is 0.780. The van der Waals surface area contributed by atoms with Crippen molar-refractivity contribution in [3.8, 4) is 0 Å². The smallest absolute Gasteiger partial charge is 0.0651 e. The van der Waals surface area contributed by atoms with Crippen molar-refractivity contribution in [3.63, 3.8) is 0 Å². The Morgan fingerprint density at radius 3 is 2.73 bits per heavy atom. The first-order valence-corrected chi connectivity index (χ1v) is 4.27. The maximum Gasteiger partial charge on any atom is 0.0651 e. The van der Waals surface area contributed by atoms with Gasteiger partial charge in [-0.25, -0.2) is 0 Å². The van der Waals surface area contributed by atoms with E-state index in [1.54, 1.807) is 0 Å². The Morgan fingerprint density at radius 1 is 1.36 bits per heavy atom. The Bertz CT molecular complexity index is 225. The fraction of sp³-hybridized carbons (Fsp3) is 0.250. The zero-order chi connectivity index (χ0) is 8.10. The molecule has 0 aromatic heterocycles. The third kappa shape index (κ3) is 2.52. The molecule has 0 fully saturated rings. The molecule has 11 heavy (non-hydrogen) atoms. The van der Waals surface area contributed by atoms with Crippen molar-refractivity contribution in [1.82, 2.24) is 5.32 Å². The van der Waals surface area contributed by atoms with E-state index in [0.717, 1.165) is 16.8 Å². The van der Waals surface area contributed by atoms with Gasteiger partial charge in [-0.2, -0.15) is 0 Å². The highest BCUT2D eigenvalue weighted by Gasteiger charge is 1.93. The summed E-state index contributed by atoms with van der Waals surface area (Å²) >= 11 is 3.44. The first kappa shape index (κ1) is 8.56. The fourth-order valence-corrected chi connectivity index (χ4v) is 1.21. The van der Waals surface area contributed by atoms with Gasteiger partial charge in [0.2, 0.25) is 0 Å². The second-order valence-electron chi connectivity index (χ2n) is 2.19. The van der Waals surface area contributed by atoms with E-state index in [0.29, 0.717) is 0 Å². The van der Waals surface area contributed by atoms with Gasteiger partial charge in [0.05, 0.1) is 6.67 Å². The molecule has 0 unspecified atom stereocenters. The third-order valence-corrected chi connectivity index (χ3v) is 2.02. The predicted molar refractivity (Wildman–Crippen MR) is 51.7 cm³/mol. The zero-order valence-electron chi connectivity index (χ0n) is 6.39. The number of hydrogen-bond acceptors (Lipinski definition) is 2. The number of anilines is 1. The number of benzene rings is 1. The molecule has 1 aromatic rings. The number of halogens is 1. The Kier molecular flexibility index (Phi) is 3.39. The van der Waals surface area contributed by atoms with Crippen LogP contribution < -0.4 is 10.6 Å². The van der Waals surface area contributed by atoms with Crippen LogP contribution in [0.5, 0.6) is 0 Å². The van der Waals surface area contributed by atoms with Crippen LogP contribution in [0.4, 0.5) is 5.69 Å². The molecule has 1 rings (SSSR count). The van der Waals surface area contributed by atoms with E-state index >= 15 is 0 Å². The van der Waals surface area contributed by atoms with Crippen molar-refractivity contribution in [1.29, 1.82) is 0 Å². The van der Waals surface area contributed by atoms with Crippen LogP contribution in [0.25, 0.3) is 0 Å². The SMILES string of the molecule is CNCNc1ccccc1Br. The molecule has 0 amide bonds. The van der Waals surface area contributed by atoms with Crippen molar-refractivity contribution < 1.29 is 0 Å². The van der Waals surface area contributed by atoms with Gasteiger partial charge in [0.15, 0.2) is 0 Å². The Balaban J connectivity index is 2.62. The molecule has 2 N–H and O–H groups in total. The summed E-state index contributed by atoms with van der Waals surface area (Å²) in [7, 11) is 1.91. The van der Waals surface area contributed by atoms with Crippen LogP contribution in [0.15, 0.2) is 28.7 Å². The minimum Gasteiger partial charge on any atom is -0.372 e. The molecule has 1 aromatic carbocycles. The van der Waals surface area contributed by atoms with E-state index in [4.69, 9.17) is 0 Å². The summed E-state index contributed by atoms with van der Waals surface area (Å²) in [5.74, 6) is 0. The molecule has 0 saturated heterocycles. The van der Waals surface area contributed by atoms with E-state index in [-0.39, 0.29) is 0 Å². The molecular formula is C8H11BrN2. The van der Waals surface area contributed by atoms with Crippen LogP contribution in [-0.2, 0) is 0 Å². The maximum absolute atomic E-state index is 3.44. The van der Waals surface area contributed by atoms with Crippen LogP contribution in [0.2, 0.25) is 0 Å². The standard InChI is InChI=1S/C8H11BrN2/c1-10-6-11-8-5-3-2-4-7(8)9/h2-5,10-11H,6H2,1H3. The molecule has 60 valence electrons. The van der Waals surface area contributed by atoms with Crippen LogP contribution in [0, 0.1) is 0 Å². The van der Waals surface area contributed by atoms with Gasteiger partial charge >= 0.3 is 0 Å². The van der Waals surface area contributed by atoms with Crippen LogP contribution in [0.3, 0.4) is 0 Å². The zero-order valence-corrected chi connectivity index (χ0v) is 7.98. The summed E-state index contributed by atoms with van der Waals surface area (Å²) in [6, 6.07) is 8.04. The van der Waals surface area contributed by atoms with Crippen molar-refractivity contribution in [2.24, 2.45) is 0 Å². The summed E-state index contributed by atoms with van der Waals surface area (Å²) in [6.07, 6.45) is 0. The second-order valence-corrected chi connectivity index (χ2v) is 3.04. The maximum atomic E-state index is 3.44.